The number of aliphatic imine (C=N–C) groups is 1. The Labute approximate surface area is 243 Å². The first-order valence-corrected chi connectivity index (χ1v) is 14.1. The second-order valence-electron chi connectivity index (χ2n) is 11.1. The number of carbonyl (C=O) groups is 3. The number of likely N-dealkylation sites (tertiary alicyclic amines) is 1. The van der Waals surface area contributed by atoms with E-state index in [-0.39, 0.29) is 12.0 Å². The SMILES string of the molecule is Cc1ccc(Br)cc1NC(=O)C1NC=NC1C(=O)Nc1ccc(OCC2CCN(C(=O)OC(C)(C)C)CC2)cc1. The number of piperidine rings is 1. The molecule has 2 aromatic rings. The molecule has 2 aliphatic rings. The first-order chi connectivity index (χ1) is 19.0. The Hall–Kier alpha value is -3.60. The van der Waals surface area contributed by atoms with Crippen LogP contribution in [0.3, 0.4) is 0 Å². The summed E-state index contributed by atoms with van der Waals surface area (Å²) in [5.41, 5.74) is 1.65. The number of hydrogen-bond acceptors (Lipinski definition) is 7. The fraction of sp³-hybridized carbons (Fsp3) is 0.448. The molecule has 214 valence electrons. The Morgan fingerprint density at radius 3 is 2.42 bits per heavy atom. The maximum absolute atomic E-state index is 13.0. The number of ether oxygens (including phenoxy) is 2. The van der Waals surface area contributed by atoms with Gasteiger partial charge >= 0.3 is 6.09 Å². The van der Waals surface area contributed by atoms with Gasteiger partial charge in [-0.3, -0.25) is 14.6 Å². The molecule has 4 rings (SSSR count). The van der Waals surface area contributed by atoms with Gasteiger partial charge in [-0.2, -0.15) is 0 Å². The third-order valence-corrected chi connectivity index (χ3v) is 7.18. The monoisotopic (exact) mass is 613 g/mol. The number of anilines is 2. The van der Waals surface area contributed by atoms with Crippen molar-refractivity contribution in [3.05, 3.63) is 52.5 Å². The number of rotatable bonds is 7. The zero-order valence-corrected chi connectivity index (χ0v) is 24.8. The summed E-state index contributed by atoms with van der Waals surface area (Å²) in [4.78, 5) is 44.0. The van der Waals surface area contributed by atoms with Crippen molar-refractivity contribution in [2.75, 3.05) is 30.3 Å². The molecule has 3 amide bonds. The van der Waals surface area contributed by atoms with E-state index in [9.17, 15) is 14.4 Å². The number of benzene rings is 2. The van der Waals surface area contributed by atoms with Crippen molar-refractivity contribution in [3.63, 3.8) is 0 Å². The van der Waals surface area contributed by atoms with Gasteiger partial charge in [-0.15, -0.1) is 0 Å². The first-order valence-electron chi connectivity index (χ1n) is 13.3. The Kier molecular flexibility index (Phi) is 9.34. The van der Waals surface area contributed by atoms with E-state index < -0.39 is 23.6 Å². The van der Waals surface area contributed by atoms with Crippen LogP contribution in [-0.2, 0) is 14.3 Å². The molecular weight excluding hydrogens is 578 g/mol. The summed E-state index contributed by atoms with van der Waals surface area (Å²) in [7, 11) is 0. The lowest BCUT2D eigenvalue weighted by atomic mass is 9.98. The van der Waals surface area contributed by atoms with Crippen molar-refractivity contribution in [1.29, 1.82) is 0 Å². The molecule has 1 saturated heterocycles. The normalized spacial score (nSPS) is 19.1. The Bertz CT molecular complexity index is 1250. The van der Waals surface area contributed by atoms with Crippen LogP contribution in [0.4, 0.5) is 16.2 Å². The molecule has 1 fully saturated rings. The minimum atomic E-state index is -0.907. The standard InChI is InChI=1S/C29H36BrN5O5/c1-18-5-6-20(30)15-23(18)34-27(37)25-24(31-17-32-25)26(36)33-21-7-9-22(10-8-21)39-16-19-11-13-35(14-12-19)28(38)40-29(2,3)4/h5-10,15,17,19,24-25H,11-14,16H2,1-4H3,(H,31,32)(H,33,36)(H,34,37). The lowest BCUT2D eigenvalue weighted by Gasteiger charge is -2.33. The molecule has 10 nitrogen and oxygen atoms in total. The number of nitrogens with one attached hydrogen (secondary N) is 3. The third kappa shape index (κ3) is 7.97. The second-order valence-corrected chi connectivity index (χ2v) is 12.0. The van der Waals surface area contributed by atoms with Crippen LogP contribution in [0.15, 0.2) is 51.9 Å². The van der Waals surface area contributed by atoms with Crippen LogP contribution in [0.2, 0.25) is 0 Å². The van der Waals surface area contributed by atoms with E-state index in [2.05, 4.69) is 36.9 Å². The summed E-state index contributed by atoms with van der Waals surface area (Å²) < 4.78 is 12.3. The van der Waals surface area contributed by atoms with Crippen molar-refractivity contribution in [2.24, 2.45) is 10.9 Å². The van der Waals surface area contributed by atoms with Crippen LogP contribution in [-0.4, -0.2) is 66.5 Å². The minimum Gasteiger partial charge on any atom is -0.493 e. The highest BCUT2D eigenvalue weighted by molar-refractivity contribution is 9.10. The Morgan fingerprint density at radius 2 is 1.75 bits per heavy atom. The molecule has 2 aromatic carbocycles. The van der Waals surface area contributed by atoms with E-state index in [0.29, 0.717) is 42.7 Å². The molecule has 0 bridgehead atoms. The van der Waals surface area contributed by atoms with Crippen molar-refractivity contribution < 1.29 is 23.9 Å². The molecule has 11 heteroatoms. The van der Waals surface area contributed by atoms with Gasteiger partial charge in [0.15, 0.2) is 6.04 Å². The molecule has 3 N–H and O–H groups in total. The summed E-state index contributed by atoms with van der Waals surface area (Å²) in [6, 6.07) is 11.0. The molecule has 2 unspecified atom stereocenters. The van der Waals surface area contributed by atoms with Gasteiger partial charge in [0.2, 0.25) is 5.91 Å². The first kappa shape index (κ1) is 29.4. The smallest absolute Gasteiger partial charge is 0.410 e. The molecule has 0 saturated carbocycles. The maximum atomic E-state index is 13.0. The average molecular weight is 615 g/mol. The molecule has 0 aromatic heterocycles. The number of carbonyl (C=O) groups excluding carboxylic acids is 3. The summed E-state index contributed by atoms with van der Waals surface area (Å²) in [6.07, 6.45) is 2.81. The Morgan fingerprint density at radius 1 is 1.05 bits per heavy atom. The van der Waals surface area contributed by atoms with E-state index >= 15 is 0 Å². The fourth-order valence-corrected chi connectivity index (χ4v) is 4.79. The Balaban J connectivity index is 1.23. The minimum absolute atomic E-state index is 0.268. The fourth-order valence-electron chi connectivity index (χ4n) is 4.43. The lowest BCUT2D eigenvalue weighted by Crippen LogP contribution is -2.48. The molecule has 2 aliphatic heterocycles. The molecular formula is C29H36BrN5O5. The van der Waals surface area contributed by atoms with Gasteiger partial charge in [0.05, 0.1) is 12.9 Å². The van der Waals surface area contributed by atoms with Gasteiger partial charge in [0.25, 0.3) is 5.91 Å². The highest BCUT2D eigenvalue weighted by atomic mass is 79.9. The van der Waals surface area contributed by atoms with Gasteiger partial charge in [-0.25, -0.2) is 4.79 Å². The predicted molar refractivity (Wildman–Crippen MR) is 158 cm³/mol. The summed E-state index contributed by atoms with van der Waals surface area (Å²) in [6.45, 7) is 9.33. The largest absolute Gasteiger partial charge is 0.493 e. The highest BCUT2D eigenvalue weighted by Crippen LogP contribution is 2.24. The molecule has 0 radical (unpaired) electrons. The number of amides is 3. The third-order valence-electron chi connectivity index (χ3n) is 6.69. The van der Waals surface area contributed by atoms with Crippen LogP contribution in [0.25, 0.3) is 0 Å². The quantitative estimate of drug-likeness (QED) is 0.415. The van der Waals surface area contributed by atoms with E-state index in [1.54, 1.807) is 29.2 Å². The van der Waals surface area contributed by atoms with E-state index in [1.165, 1.54) is 6.34 Å². The van der Waals surface area contributed by atoms with Crippen LogP contribution >= 0.6 is 15.9 Å². The van der Waals surface area contributed by atoms with Gasteiger partial charge in [0.1, 0.15) is 17.4 Å². The maximum Gasteiger partial charge on any atom is 0.410 e. The van der Waals surface area contributed by atoms with Gasteiger partial charge < -0.3 is 30.3 Å². The predicted octanol–water partition coefficient (Wildman–Crippen LogP) is 4.73. The number of halogens is 1. The lowest BCUT2D eigenvalue weighted by molar-refractivity contribution is -0.123. The van der Waals surface area contributed by atoms with Gasteiger partial charge in [0, 0.05) is 28.9 Å². The topological polar surface area (TPSA) is 121 Å². The van der Waals surface area contributed by atoms with Gasteiger partial charge in [-0.05, 0) is 88.4 Å². The molecule has 2 heterocycles. The average Bonchev–Trinajstić information content (AvgIpc) is 3.40. The van der Waals surface area contributed by atoms with E-state index in [0.717, 1.165) is 22.9 Å². The van der Waals surface area contributed by atoms with E-state index in [1.807, 2.05) is 45.9 Å². The van der Waals surface area contributed by atoms with E-state index in [4.69, 9.17) is 9.47 Å². The molecule has 0 aliphatic carbocycles. The highest BCUT2D eigenvalue weighted by Gasteiger charge is 2.36. The van der Waals surface area contributed by atoms with Crippen LogP contribution in [0, 0.1) is 12.8 Å². The molecule has 0 spiro atoms. The van der Waals surface area contributed by atoms with Crippen LogP contribution < -0.4 is 20.7 Å². The van der Waals surface area contributed by atoms with Crippen LogP contribution in [0.1, 0.15) is 39.2 Å². The molecule has 40 heavy (non-hydrogen) atoms. The number of hydrogen-bond donors (Lipinski definition) is 3. The van der Waals surface area contributed by atoms with Crippen LogP contribution in [0.5, 0.6) is 5.75 Å². The van der Waals surface area contributed by atoms with Gasteiger partial charge in [-0.1, -0.05) is 22.0 Å². The van der Waals surface area contributed by atoms with Crippen molar-refractivity contribution in [1.82, 2.24) is 10.2 Å². The summed E-state index contributed by atoms with van der Waals surface area (Å²) in [5, 5.41) is 8.58. The molecule has 2 atom stereocenters. The summed E-state index contributed by atoms with van der Waals surface area (Å²) in [5.74, 6) is 0.293. The number of nitrogens with zero attached hydrogens (tertiary/aromatic N) is 2. The second kappa shape index (κ2) is 12.7. The summed E-state index contributed by atoms with van der Waals surface area (Å²) >= 11 is 3.41. The van der Waals surface area contributed by atoms with Crippen molar-refractivity contribution in [3.8, 4) is 5.75 Å². The zero-order valence-electron chi connectivity index (χ0n) is 23.2. The van der Waals surface area contributed by atoms with Crippen molar-refractivity contribution in [2.45, 2.75) is 58.2 Å². The zero-order chi connectivity index (χ0) is 28.9. The number of aryl methyl sites for hydroxylation is 1. The van der Waals surface area contributed by atoms with Crippen molar-refractivity contribution >= 4 is 51.6 Å².